The molecule has 0 unspecified atom stereocenters. The highest BCUT2D eigenvalue weighted by atomic mass is 16.5. The lowest BCUT2D eigenvalue weighted by molar-refractivity contribution is 0.288. The second-order valence-electron chi connectivity index (χ2n) is 5.13. The van der Waals surface area contributed by atoms with Crippen LogP contribution in [0.3, 0.4) is 0 Å². The second-order valence-corrected chi connectivity index (χ2v) is 5.13. The predicted molar refractivity (Wildman–Crippen MR) is 77.4 cm³/mol. The molecule has 2 aliphatic heterocycles. The number of hydrogen-bond acceptors (Lipinski definition) is 4. The quantitative estimate of drug-likeness (QED) is 0.881. The summed E-state index contributed by atoms with van der Waals surface area (Å²) >= 11 is 0. The number of phenols is 1. The number of rotatable bonds is 2. The van der Waals surface area contributed by atoms with Crippen LogP contribution in [0.5, 0.6) is 11.5 Å². The van der Waals surface area contributed by atoms with E-state index >= 15 is 0 Å². The molecule has 1 aromatic rings. The van der Waals surface area contributed by atoms with Crippen molar-refractivity contribution in [1.29, 1.82) is 0 Å². The highest BCUT2D eigenvalue weighted by Gasteiger charge is 2.12. The summed E-state index contributed by atoms with van der Waals surface area (Å²) in [7, 11) is 1.59. The molecule has 1 fully saturated rings. The molecule has 0 amide bonds. The van der Waals surface area contributed by atoms with E-state index in [1.807, 2.05) is 24.4 Å². The Morgan fingerprint density at radius 3 is 2.80 bits per heavy atom. The molecule has 1 saturated heterocycles. The topological polar surface area (TPSA) is 41.9 Å². The normalized spacial score (nSPS) is 18.8. The van der Waals surface area contributed by atoms with Crippen molar-refractivity contribution in [3.05, 3.63) is 34.6 Å². The summed E-state index contributed by atoms with van der Waals surface area (Å²) in [5, 5.41) is 12.0. The average molecular weight is 273 g/mol. The summed E-state index contributed by atoms with van der Waals surface area (Å²) in [4.78, 5) is 2.26. The Morgan fingerprint density at radius 2 is 2.05 bits per heavy atom. The van der Waals surface area contributed by atoms with Crippen LogP contribution in [0.2, 0.25) is 0 Å². The van der Waals surface area contributed by atoms with Gasteiger partial charge in [0.1, 0.15) is 6.26 Å². The Kier molecular flexibility index (Phi) is 3.54. The number of hydrogen-bond donors (Lipinski definition) is 1. The number of methoxy groups -OCH3 is 1. The van der Waals surface area contributed by atoms with Crippen molar-refractivity contribution in [2.45, 2.75) is 19.3 Å². The van der Waals surface area contributed by atoms with Gasteiger partial charge in [0.2, 0.25) is 0 Å². The van der Waals surface area contributed by atoms with Gasteiger partial charge in [0.05, 0.1) is 7.11 Å². The fraction of sp³-hybridized carbons (Fsp3) is 0.375. The van der Waals surface area contributed by atoms with Crippen molar-refractivity contribution >= 4 is 12.3 Å². The maximum atomic E-state index is 10.4. The first kappa shape index (κ1) is 12.9. The Labute approximate surface area is 118 Å². The number of benzene rings is 1. The molecule has 2 heterocycles. The van der Waals surface area contributed by atoms with Crippen molar-refractivity contribution in [2.24, 2.45) is 0 Å². The second kappa shape index (κ2) is 5.49. The summed E-state index contributed by atoms with van der Waals surface area (Å²) in [6.45, 7) is 2.11. The van der Waals surface area contributed by atoms with E-state index in [2.05, 4.69) is 4.90 Å². The number of piperidine rings is 1. The zero-order valence-electron chi connectivity index (χ0n) is 11.6. The smallest absolute Gasteiger partial charge is 0.176 e. The van der Waals surface area contributed by atoms with Crippen LogP contribution >= 0.6 is 0 Å². The van der Waals surface area contributed by atoms with Gasteiger partial charge >= 0.3 is 0 Å². The lowest BCUT2D eigenvalue weighted by atomic mass is 10.1. The maximum absolute atomic E-state index is 10.4. The molecule has 106 valence electrons. The van der Waals surface area contributed by atoms with E-state index in [1.165, 1.54) is 25.5 Å². The Balaban J connectivity index is 1.98. The summed E-state index contributed by atoms with van der Waals surface area (Å²) < 4.78 is 10.6. The molecule has 2 aliphatic rings. The van der Waals surface area contributed by atoms with E-state index in [0.717, 1.165) is 23.5 Å². The van der Waals surface area contributed by atoms with E-state index in [1.54, 1.807) is 7.11 Å². The molecular formula is C16H19NO3. The SMILES string of the molecule is COC1=COc2c(O)c(=CN3CCCCC3)ccc2=C1. The van der Waals surface area contributed by atoms with Crippen LogP contribution in [-0.4, -0.2) is 30.2 Å². The molecule has 0 radical (unpaired) electrons. The third kappa shape index (κ3) is 2.46. The molecule has 1 aromatic carbocycles. The standard InChI is InChI=1S/C16H19NO3/c1-19-14-9-12-5-6-13(15(18)16(12)20-11-14)10-17-7-3-2-4-8-17/h5-6,9-11,18H,2-4,7-8H2,1H3. The van der Waals surface area contributed by atoms with Gasteiger partial charge in [0.15, 0.2) is 17.3 Å². The molecule has 0 saturated carbocycles. The van der Waals surface area contributed by atoms with Gasteiger partial charge in [-0.1, -0.05) is 6.07 Å². The van der Waals surface area contributed by atoms with E-state index in [4.69, 9.17) is 9.47 Å². The first-order chi connectivity index (χ1) is 9.78. The average Bonchev–Trinajstić information content (AvgIpc) is 2.51. The van der Waals surface area contributed by atoms with E-state index in [0.29, 0.717) is 11.5 Å². The third-order valence-corrected chi connectivity index (χ3v) is 3.73. The lowest BCUT2D eigenvalue weighted by Gasteiger charge is -2.25. The molecule has 0 spiro atoms. The van der Waals surface area contributed by atoms with Crippen LogP contribution in [0.1, 0.15) is 19.3 Å². The fourth-order valence-electron chi connectivity index (χ4n) is 2.60. The summed E-state index contributed by atoms with van der Waals surface area (Å²) in [6.07, 6.45) is 9.10. The zero-order chi connectivity index (χ0) is 13.9. The highest BCUT2D eigenvalue weighted by molar-refractivity contribution is 5.55. The molecular weight excluding hydrogens is 254 g/mol. The van der Waals surface area contributed by atoms with E-state index in [-0.39, 0.29) is 5.75 Å². The Hall–Kier alpha value is -2.10. The van der Waals surface area contributed by atoms with Gasteiger partial charge in [-0.25, -0.2) is 0 Å². The maximum Gasteiger partial charge on any atom is 0.176 e. The van der Waals surface area contributed by atoms with E-state index in [9.17, 15) is 5.11 Å². The molecule has 3 rings (SSSR count). The van der Waals surface area contributed by atoms with Crippen LogP contribution in [-0.2, 0) is 4.74 Å². The van der Waals surface area contributed by atoms with E-state index < -0.39 is 0 Å². The van der Waals surface area contributed by atoms with Crippen molar-refractivity contribution in [3.63, 3.8) is 0 Å². The van der Waals surface area contributed by atoms with Crippen LogP contribution in [0.4, 0.5) is 0 Å². The minimum Gasteiger partial charge on any atom is -0.504 e. The predicted octanol–water partition coefficient (Wildman–Crippen LogP) is 1.28. The Bertz CT molecular complexity index is 642. The number of nitrogens with zero attached hydrogens (tertiary/aromatic N) is 1. The third-order valence-electron chi connectivity index (χ3n) is 3.73. The molecule has 0 aromatic heterocycles. The first-order valence-electron chi connectivity index (χ1n) is 6.98. The molecule has 4 nitrogen and oxygen atoms in total. The molecule has 20 heavy (non-hydrogen) atoms. The number of likely N-dealkylation sites (tertiary alicyclic amines) is 1. The lowest BCUT2D eigenvalue weighted by Crippen LogP contribution is -2.27. The molecule has 4 heteroatoms. The summed E-state index contributed by atoms with van der Waals surface area (Å²) in [6, 6.07) is 3.86. The van der Waals surface area contributed by atoms with Crippen molar-refractivity contribution in [1.82, 2.24) is 4.90 Å². The number of phenolic OH excluding ortho intramolecular Hbond substituents is 1. The number of ether oxygens (including phenoxy) is 2. The monoisotopic (exact) mass is 273 g/mol. The zero-order valence-corrected chi connectivity index (χ0v) is 11.6. The molecule has 0 aliphatic carbocycles. The number of allylic oxidation sites excluding steroid dienone is 1. The summed E-state index contributed by atoms with van der Waals surface area (Å²) in [5.41, 5.74) is 0. The largest absolute Gasteiger partial charge is 0.504 e. The molecule has 0 atom stereocenters. The minimum atomic E-state index is 0.190. The van der Waals surface area contributed by atoms with Crippen LogP contribution in [0.15, 0.2) is 24.2 Å². The Morgan fingerprint density at radius 1 is 1.25 bits per heavy atom. The van der Waals surface area contributed by atoms with Crippen LogP contribution in [0.25, 0.3) is 12.3 Å². The van der Waals surface area contributed by atoms with Crippen LogP contribution in [0, 0.1) is 0 Å². The van der Waals surface area contributed by atoms with Crippen molar-refractivity contribution in [2.75, 3.05) is 20.2 Å². The van der Waals surface area contributed by atoms with Gasteiger partial charge in [-0.3, -0.25) is 0 Å². The van der Waals surface area contributed by atoms with Gasteiger partial charge in [-0.05, 0) is 31.4 Å². The summed E-state index contributed by atoms with van der Waals surface area (Å²) in [5.74, 6) is 1.33. The number of aromatic hydroxyl groups is 1. The van der Waals surface area contributed by atoms with Crippen molar-refractivity contribution in [3.8, 4) is 11.5 Å². The fourth-order valence-corrected chi connectivity index (χ4v) is 2.60. The number of fused-ring (bicyclic) bond motifs is 1. The molecule has 1 N–H and O–H groups in total. The van der Waals surface area contributed by atoms with Gasteiger partial charge < -0.3 is 19.5 Å². The van der Waals surface area contributed by atoms with Gasteiger partial charge in [0.25, 0.3) is 0 Å². The van der Waals surface area contributed by atoms with Crippen molar-refractivity contribution < 1.29 is 14.6 Å². The van der Waals surface area contributed by atoms with Crippen LogP contribution < -0.4 is 15.2 Å². The minimum absolute atomic E-state index is 0.190. The highest BCUT2D eigenvalue weighted by Crippen LogP contribution is 2.20. The van der Waals surface area contributed by atoms with Gasteiger partial charge in [0, 0.05) is 29.7 Å². The first-order valence-corrected chi connectivity index (χ1v) is 6.98. The van der Waals surface area contributed by atoms with Gasteiger partial charge in [-0.15, -0.1) is 0 Å². The van der Waals surface area contributed by atoms with Gasteiger partial charge in [-0.2, -0.15) is 0 Å². The molecule has 0 bridgehead atoms.